The summed E-state index contributed by atoms with van der Waals surface area (Å²) < 4.78 is 4.04. The number of aromatic nitrogens is 3. The van der Waals surface area contributed by atoms with Crippen LogP contribution in [0, 0.1) is 0 Å². The maximum Gasteiger partial charge on any atom is 0.108 e. The van der Waals surface area contributed by atoms with Gasteiger partial charge >= 0.3 is 0 Å². The van der Waals surface area contributed by atoms with E-state index in [9.17, 15) is 0 Å². The van der Waals surface area contributed by atoms with E-state index in [1.807, 2.05) is 38.8 Å². The van der Waals surface area contributed by atoms with E-state index < -0.39 is 0 Å². The molecule has 0 fully saturated rings. The Bertz CT molecular complexity index is 553. The molecule has 0 amide bonds. The molecular weight excluding hydrogens is 372 g/mol. The highest BCUT2D eigenvalue weighted by atomic mass is 79.9. The van der Waals surface area contributed by atoms with E-state index in [4.69, 9.17) is 0 Å². The van der Waals surface area contributed by atoms with Crippen LogP contribution in [0.5, 0.6) is 0 Å². The van der Waals surface area contributed by atoms with Crippen molar-refractivity contribution in [1.29, 1.82) is 0 Å². The Morgan fingerprint density at radius 2 is 2.16 bits per heavy atom. The lowest BCUT2D eigenvalue weighted by molar-refractivity contribution is 0.521. The molecule has 0 aromatic carbocycles. The Kier molecular flexibility index (Phi) is 5.13. The molecule has 19 heavy (non-hydrogen) atoms. The molecule has 0 bridgehead atoms. The molecule has 2 aromatic heterocycles. The van der Waals surface area contributed by atoms with Crippen LogP contribution in [-0.4, -0.2) is 21.6 Å². The molecule has 0 aliphatic rings. The summed E-state index contributed by atoms with van der Waals surface area (Å²) in [5.74, 6) is 1.09. The highest BCUT2D eigenvalue weighted by Gasteiger charge is 2.15. The molecule has 2 rings (SSSR count). The van der Waals surface area contributed by atoms with Crippen LogP contribution >= 0.6 is 31.9 Å². The molecule has 1 atom stereocenters. The Morgan fingerprint density at radius 3 is 2.74 bits per heavy atom. The van der Waals surface area contributed by atoms with Crippen molar-refractivity contribution < 1.29 is 0 Å². The third kappa shape index (κ3) is 3.64. The predicted octanol–water partition coefficient (Wildman–Crippen LogP) is 3.23. The second-order valence-corrected chi connectivity index (χ2v) is 6.12. The largest absolute Gasteiger partial charge is 0.338 e. The molecular formula is C13H16Br2N4. The summed E-state index contributed by atoms with van der Waals surface area (Å²) in [5, 5.41) is 3.32. The number of hydrogen-bond acceptors (Lipinski definition) is 3. The van der Waals surface area contributed by atoms with E-state index in [1.54, 1.807) is 0 Å². The van der Waals surface area contributed by atoms with E-state index in [0.29, 0.717) is 0 Å². The van der Waals surface area contributed by atoms with Gasteiger partial charge < -0.3 is 9.88 Å². The number of imidazole rings is 1. The minimum absolute atomic E-state index is 0.208. The van der Waals surface area contributed by atoms with Crippen molar-refractivity contribution in [3.8, 4) is 0 Å². The van der Waals surface area contributed by atoms with Gasteiger partial charge in [-0.2, -0.15) is 0 Å². The molecule has 0 aliphatic heterocycles. The molecule has 6 heteroatoms. The molecule has 0 saturated carbocycles. The Hall–Kier alpha value is -0.720. The SMILES string of the molecule is CNC(CCc1nccn1C)c1ncc(Br)cc1Br. The highest BCUT2D eigenvalue weighted by Crippen LogP contribution is 2.26. The van der Waals surface area contributed by atoms with Gasteiger partial charge in [0.1, 0.15) is 5.82 Å². The van der Waals surface area contributed by atoms with Crippen molar-refractivity contribution in [3.63, 3.8) is 0 Å². The first kappa shape index (κ1) is 14.7. The summed E-state index contributed by atoms with van der Waals surface area (Å²) >= 11 is 6.99. The van der Waals surface area contributed by atoms with Gasteiger partial charge in [0.2, 0.25) is 0 Å². The summed E-state index contributed by atoms with van der Waals surface area (Å²) in [6, 6.07) is 2.23. The first-order valence-corrected chi connectivity index (χ1v) is 7.65. The van der Waals surface area contributed by atoms with Crippen molar-refractivity contribution in [2.75, 3.05) is 7.05 Å². The second kappa shape index (κ2) is 6.63. The summed E-state index contributed by atoms with van der Waals surface area (Å²) in [6.07, 6.45) is 7.49. The molecule has 0 radical (unpaired) electrons. The van der Waals surface area contributed by atoms with Crippen molar-refractivity contribution >= 4 is 31.9 Å². The van der Waals surface area contributed by atoms with Crippen LogP contribution in [0.2, 0.25) is 0 Å². The number of pyridine rings is 1. The number of hydrogen-bond donors (Lipinski definition) is 1. The van der Waals surface area contributed by atoms with Crippen molar-refractivity contribution in [2.45, 2.75) is 18.9 Å². The smallest absolute Gasteiger partial charge is 0.108 e. The summed E-state index contributed by atoms with van der Waals surface area (Å²) in [5.41, 5.74) is 1.03. The number of rotatable bonds is 5. The lowest BCUT2D eigenvalue weighted by Crippen LogP contribution is -2.19. The van der Waals surface area contributed by atoms with Crippen LogP contribution < -0.4 is 5.32 Å². The number of nitrogens with one attached hydrogen (secondary N) is 1. The summed E-state index contributed by atoms with van der Waals surface area (Å²) in [7, 11) is 3.98. The van der Waals surface area contributed by atoms with Crippen LogP contribution in [0.3, 0.4) is 0 Å². The van der Waals surface area contributed by atoms with Gasteiger partial charge in [-0.15, -0.1) is 0 Å². The molecule has 2 heterocycles. The number of aryl methyl sites for hydroxylation is 2. The minimum Gasteiger partial charge on any atom is -0.338 e. The first-order valence-electron chi connectivity index (χ1n) is 6.06. The normalized spacial score (nSPS) is 12.6. The van der Waals surface area contributed by atoms with Gasteiger partial charge in [-0.05, 0) is 51.4 Å². The molecule has 0 saturated heterocycles. The Morgan fingerprint density at radius 1 is 1.37 bits per heavy atom. The molecule has 2 aromatic rings. The zero-order valence-corrected chi connectivity index (χ0v) is 14.1. The molecule has 0 spiro atoms. The van der Waals surface area contributed by atoms with Crippen LogP contribution in [0.25, 0.3) is 0 Å². The zero-order valence-electron chi connectivity index (χ0n) is 10.9. The fourth-order valence-electron chi connectivity index (χ4n) is 2.01. The van der Waals surface area contributed by atoms with Gasteiger partial charge in [0.05, 0.1) is 11.7 Å². The van der Waals surface area contributed by atoms with E-state index in [0.717, 1.165) is 33.3 Å². The average Bonchev–Trinajstić information content (AvgIpc) is 2.78. The van der Waals surface area contributed by atoms with Crippen LogP contribution in [-0.2, 0) is 13.5 Å². The molecule has 0 aliphatic carbocycles. The van der Waals surface area contributed by atoms with Gasteiger partial charge in [0.15, 0.2) is 0 Å². The summed E-state index contributed by atoms with van der Waals surface area (Å²) in [6.45, 7) is 0. The number of halogens is 2. The van der Waals surface area contributed by atoms with Crippen molar-refractivity contribution in [3.05, 3.63) is 45.1 Å². The van der Waals surface area contributed by atoms with E-state index >= 15 is 0 Å². The predicted molar refractivity (Wildman–Crippen MR) is 83.0 cm³/mol. The first-order chi connectivity index (χ1) is 9.11. The van der Waals surface area contributed by atoms with Crippen LogP contribution in [0.1, 0.15) is 24.0 Å². The fourth-order valence-corrected chi connectivity index (χ4v) is 3.27. The maximum absolute atomic E-state index is 4.49. The number of nitrogens with zero attached hydrogens (tertiary/aromatic N) is 3. The van der Waals surface area contributed by atoms with Gasteiger partial charge in [-0.1, -0.05) is 0 Å². The third-order valence-electron chi connectivity index (χ3n) is 3.09. The fraction of sp³-hybridized carbons (Fsp3) is 0.385. The van der Waals surface area contributed by atoms with Gasteiger partial charge in [0, 0.05) is 41.0 Å². The zero-order chi connectivity index (χ0) is 13.8. The van der Waals surface area contributed by atoms with Gasteiger partial charge in [-0.25, -0.2) is 4.98 Å². The van der Waals surface area contributed by atoms with Crippen LogP contribution in [0.4, 0.5) is 0 Å². The average molecular weight is 388 g/mol. The Labute approximate surface area is 129 Å². The van der Waals surface area contributed by atoms with Crippen LogP contribution in [0.15, 0.2) is 33.6 Å². The van der Waals surface area contributed by atoms with Crippen molar-refractivity contribution in [2.24, 2.45) is 7.05 Å². The van der Waals surface area contributed by atoms with E-state index in [-0.39, 0.29) is 6.04 Å². The molecule has 1 unspecified atom stereocenters. The monoisotopic (exact) mass is 386 g/mol. The molecule has 4 nitrogen and oxygen atoms in total. The standard InChI is InChI=1S/C13H16Br2N4/c1-16-11(3-4-12-17-5-6-19(12)2)13-10(15)7-9(14)8-18-13/h5-8,11,16H,3-4H2,1-2H3. The maximum atomic E-state index is 4.49. The van der Waals surface area contributed by atoms with Gasteiger partial charge in [-0.3, -0.25) is 4.98 Å². The van der Waals surface area contributed by atoms with E-state index in [1.165, 1.54) is 0 Å². The molecule has 1 N–H and O–H groups in total. The second-order valence-electron chi connectivity index (χ2n) is 4.35. The van der Waals surface area contributed by atoms with Gasteiger partial charge in [0.25, 0.3) is 0 Å². The summed E-state index contributed by atoms with van der Waals surface area (Å²) in [4.78, 5) is 8.84. The lowest BCUT2D eigenvalue weighted by atomic mass is 10.1. The molecule has 102 valence electrons. The lowest BCUT2D eigenvalue weighted by Gasteiger charge is -2.17. The minimum atomic E-state index is 0.208. The van der Waals surface area contributed by atoms with Crippen molar-refractivity contribution in [1.82, 2.24) is 19.9 Å². The highest BCUT2D eigenvalue weighted by molar-refractivity contribution is 9.11. The topological polar surface area (TPSA) is 42.7 Å². The van der Waals surface area contributed by atoms with E-state index in [2.05, 4.69) is 51.7 Å². The third-order valence-corrected chi connectivity index (χ3v) is 4.16. The quantitative estimate of drug-likeness (QED) is 0.856. The Balaban J connectivity index is 2.10.